The number of carbonyl (C=O) groups is 2. The number of thiophene rings is 1. The monoisotopic (exact) mass is 344 g/mol. The van der Waals surface area contributed by atoms with E-state index >= 15 is 0 Å². The van der Waals surface area contributed by atoms with Gasteiger partial charge in [-0.1, -0.05) is 30.3 Å². The highest BCUT2D eigenvalue weighted by Gasteiger charge is 2.39. The van der Waals surface area contributed by atoms with Crippen LogP contribution in [0.3, 0.4) is 0 Å². The molecule has 1 atom stereocenters. The van der Waals surface area contributed by atoms with Crippen molar-refractivity contribution >= 4 is 28.2 Å². The molecule has 24 heavy (non-hydrogen) atoms. The van der Waals surface area contributed by atoms with Crippen LogP contribution in [-0.2, 0) is 23.1 Å². The van der Waals surface area contributed by atoms with Crippen molar-refractivity contribution in [3.05, 3.63) is 51.9 Å². The van der Waals surface area contributed by atoms with E-state index < -0.39 is 11.9 Å². The predicted molar refractivity (Wildman–Crippen MR) is 94.3 cm³/mol. The van der Waals surface area contributed by atoms with E-state index in [0.29, 0.717) is 29.8 Å². The van der Waals surface area contributed by atoms with Gasteiger partial charge in [0.25, 0.3) is 5.91 Å². The average molecular weight is 344 g/mol. The largest absolute Gasteiger partial charge is 0.481 e. The first-order chi connectivity index (χ1) is 11.4. The molecule has 0 aliphatic heterocycles. The zero-order chi connectivity index (χ0) is 17.3. The fraction of sp³-hybridized carbons (Fsp3) is 0.333. The van der Waals surface area contributed by atoms with E-state index in [1.54, 1.807) is 0 Å². The summed E-state index contributed by atoms with van der Waals surface area (Å²) in [5.74, 6) is -1.28. The van der Waals surface area contributed by atoms with Crippen LogP contribution >= 0.6 is 11.3 Å². The molecule has 5 N–H and O–H groups in total. The third-order valence-electron chi connectivity index (χ3n) is 4.92. The Balaban J connectivity index is 2.02. The van der Waals surface area contributed by atoms with Crippen LogP contribution in [-0.4, -0.2) is 17.0 Å². The number of anilines is 1. The number of amides is 1. The Bertz CT molecular complexity index is 785. The van der Waals surface area contributed by atoms with Crippen LogP contribution in [0, 0.1) is 0 Å². The van der Waals surface area contributed by atoms with Gasteiger partial charge in [-0.05, 0) is 36.8 Å². The van der Waals surface area contributed by atoms with Gasteiger partial charge in [0, 0.05) is 16.7 Å². The molecule has 0 bridgehead atoms. The molecule has 1 aromatic heterocycles. The van der Waals surface area contributed by atoms with Gasteiger partial charge in [-0.2, -0.15) is 0 Å². The SMILES string of the molecule is NC(=O)c1c(N)sc2c1CCC(CCC(=O)O)(c1ccccc1)C2. The Kier molecular flexibility index (Phi) is 4.32. The number of nitrogen functional groups attached to an aromatic ring is 1. The van der Waals surface area contributed by atoms with Gasteiger partial charge < -0.3 is 16.6 Å². The molecule has 1 heterocycles. The van der Waals surface area contributed by atoms with Crippen LogP contribution in [0.25, 0.3) is 0 Å². The minimum atomic E-state index is -0.792. The van der Waals surface area contributed by atoms with Gasteiger partial charge in [-0.3, -0.25) is 9.59 Å². The van der Waals surface area contributed by atoms with Crippen molar-refractivity contribution in [3.8, 4) is 0 Å². The third kappa shape index (κ3) is 2.89. The second kappa shape index (κ2) is 6.28. The van der Waals surface area contributed by atoms with Gasteiger partial charge in [0.2, 0.25) is 0 Å². The number of carboxylic acid groups (broad SMARTS) is 1. The predicted octanol–water partition coefficient (Wildman–Crippen LogP) is 2.72. The van der Waals surface area contributed by atoms with E-state index in [2.05, 4.69) is 12.1 Å². The quantitative estimate of drug-likeness (QED) is 0.775. The van der Waals surface area contributed by atoms with Gasteiger partial charge in [0.05, 0.1) is 10.6 Å². The van der Waals surface area contributed by atoms with E-state index in [1.807, 2.05) is 18.2 Å². The molecule has 6 heteroatoms. The lowest BCUT2D eigenvalue weighted by Crippen LogP contribution is -2.34. The minimum Gasteiger partial charge on any atom is -0.481 e. The summed E-state index contributed by atoms with van der Waals surface area (Å²) in [6, 6.07) is 10.0. The first-order valence-electron chi connectivity index (χ1n) is 7.90. The maximum absolute atomic E-state index is 11.7. The molecule has 5 nitrogen and oxygen atoms in total. The second-order valence-corrected chi connectivity index (χ2v) is 7.46. The van der Waals surface area contributed by atoms with Crippen molar-refractivity contribution in [2.75, 3.05) is 5.73 Å². The average Bonchev–Trinajstić information content (AvgIpc) is 2.88. The molecule has 1 unspecified atom stereocenters. The Morgan fingerprint density at radius 3 is 2.58 bits per heavy atom. The zero-order valence-electron chi connectivity index (χ0n) is 13.2. The van der Waals surface area contributed by atoms with E-state index in [1.165, 1.54) is 11.3 Å². The van der Waals surface area contributed by atoms with Crippen molar-refractivity contribution in [1.29, 1.82) is 0 Å². The maximum atomic E-state index is 11.7. The summed E-state index contributed by atoms with van der Waals surface area (Å²) in [5.41, 5.74) is 13.8. The normalized spacial score (nSPS) is 19.7. The molecule has 1 aromatic carbocycles. The van der Waals surface area contributed by atoms with Crippen LogP contribution in [0.5, 0.6) is 0 Å². The molecular weight excluding hydrogens is 324 g/mol. The Hall–Kier alpha value is -2.34. The highest BCUT2D eigenvalue weighted by Crippen LogP contribution is 2.46. The standard InChI is InChI=1S/C18H20N2O3S/c19-16(23)15-12-6-8-18(9-7-14(21)22,10-13(12)24-17(15)20)11-4-2-1-3-5-11/h1-5H,6-10,20H2,(H2,19,23)(H,21,22). The molecular formula is C18H20N2O3S. The fourth-order valence-electron chi connectivity index (χ4n) is 3.71. The highest BCUT2D eigenvalue weighted by molar-refractivity contribution is 7.16. The van der Waals surface area contributed by atoms with Crippen LogP contribution in [0.15, 0.2) is 30.3 Å². The molecule has 0 fully saturated rings. The van der Waals surface area contributed by atoms with Crippen LogP contribution in [0.1, 0.15) is 45.6 Å². The highest BCUT2D eigenvalue weighted by atomic mass is 32.1. The summed E-state index contributed by atoms with van der Waals surface area (Å²) in [4.78, 5) is 23.9. The van der Waals surface area contributed by atoms with Crippen molar-refractivity contribution in [1.82, 2.24) is 0 Å². The number of fused-ring (bicyclic) bond motifs is 1. The van der Waals surface area contributed by atoms with Crippen molar-refractivity contribution < 1.29 is 14.7 Å². The summed E-state index contributed by atoms with van der Waals surface area (Å²) in [6.45, 7) is 0. The van der Waals surface area contributed by atoms with Gasteiger partial charge in [-0.25, -0.2) is 0 Å². The summed E-state index contributed by atoms with van der Waals surface area (Å²) in [7, 11) is 0. The van der Waals surface area contributed by atoms with E-state index in [4.69, 9.17) is 16.6 Å². The van der Waals surface area contributed by atoms with Gasteiger partial charge in [0.15, 0.2) is 0 Å². The maximum Gasteiger partial charge on any atom is 0.303 e. The summed E-state index contributed by atoms with van der Waals surface area (Å²) in [6.07, 6.45) is 2.86. The van der Waals surface area contributed by atoms with E-state index in [0.717, 1.165) is 22.4 Å². The van der Waals surface area contributed by atoms with Crippen LogP contribution in [0.4, 0.5) is 5.00 Å². The summed E-state index contributed by atoms with van der Waals surface area (Å²) in [5, 5.41) is 9.61. The number of hydrogen-bond donors (Lipinski definition) is 3. The molecule has 3 rings (SSSR count). The zero-order valence-corrected chi connectivity index (χ0v) is 14.1. The van der Waals surface area contributed by atoms with Crippen molar-refractivity contribution in [3.63, 3.8) is 0 Å². The smallest absolute Gasteiger partial charge is 0.303 e. The van der Waals surface area contributed by atoms with Gasteiger partial charge >= 0.3 is 5.97 Å². The summed E-state index contributed by atoms with van der Waals surface area (Å²) >= 11 is 1.41. The van der Waals surface area contributed by atoms with Crippen LogP contribution < -0.4 is 11.5 Å². The van der Waals surface area contributed by atoms with E-state index in [-0.39, 0.29) is 11.8 Å². The lowest BCUT2D eigenvalue weighted by Gasteiger charge is -2.38. The minimum absolute atomic E-state index is 0.119. The number of rotatable bonds is 5. The Labute approximate surface area is 144 Å². The fourth-order valence-corrected chi connectivity index (χ4v) is 4.98. The molecule has 1 amide bonds. The molecule has 2 aromatic rings. The lowest BCUT2D eigenvalue weighted by atomic mass is 9.66. The number of aliphatic carboxylic acids is 1. The molecule has 126 valence electrons. The van der Waals surface area contributed by atoms with Crippen LogP contribution in [0.2, 0.25) is 0 Å². The van der Waals surface area contributed by atoms with E-state index in [9.17, 15) is 9.59 Å². The van der Waals surface area contributed by atoms with Crippen molar-refractivity contribution in [2.24, 2.45) is 5.73 Å². The number of carboxylic acids is 1. The summed E-state index contributed by atoms with van der Waals surface area (Å²) < 4.78 is 0. The number of nitrogens with two attached hydrogens (primary N) is 2. The molecule has 0 saturated carbocycles. The number of primary amides is 1. The second-order valence-electron chi connectivity index (χ2n) is 6.32. The Morgan fingerprint density at radius 1 is 1.25 bits per heavy atom. The topological polar surface area (TPSA) is 106 Å². The molecule has 0 radical (unpaired) electrons. The first-order valence-corrected chi connectivity index (χ1v) is 8.72. The third-order valence-corrected chi connectivity index (χ3v) is 5.98. The lowest BCUT2D eigenvalue weighted by molar-refractivity contribution is -0.137. The molecule has 0 saturated heterocycles. The first kappa shape index (κ1) is 16.5. The number of hydrogen-bond acceptors (Lipinski definition) is 4. The number of benzene rings is 1. The van der Waals surface area contributed by atoms with Gasteiger partial charge in [-0.15, -0.1) is 11.3 Å². The molecule has 1 aliphatic rings. The van der Waals surface area contributed by atoms with Crippen molar-refractivity contribution in [2.45, 2.75) is 37.5 Å². The number of carbonyl (C=O) groups excluding carboxylic acids is 1. The Morgan fingerprint density at radius 2 is 1.96 bits per heavy atom. The van der Waals surface area contributed by atoms with Gasteiger partial charge in [0.1, 0.15) is 0 Å². The molecule has 1 aliphatic carbocycles. The molecule has 0 spiro atoms.